The van der Waals surface area contributed by atoms with Crippen LogP contribution in [0.15, 0.2) is 24.3 Å². The third-order valence-corrected chi connectivity index (χ3v) is 5.11. The number of piperidine rings is 1. The largest absolute Gasteiger partial charge is 0.480 e. The lowest BCUT2D eigenvalue weighted by Crippen LogP contribution is -2.44. The van der Waals surface area contributed by atoms with Gasteiger partial charge in [-0.05, 0) is 63.1 Å². The Balaban J connectivity index is 1.76. The molecule has 2 aromatic rings. The normalized spacial score (nSPS) is 16.5. The molecule has 1 aromatic heterocycles. The maximum atomic E-state index is 11.0. The van der Waals surface area contributed by atoms with Gasteiger partial charge in [0.25, 0.3) is 0 Å². The van der Waals surface area contributed by atoms with Crippen LogP contribution in [0.3, 0.4) is 0 Å². The average molecular weight is 425 g/mol. The van der Waals surface area contributed by atoms with Gasteiger partial charge in [0.1, 0.15) is 11.6 Å². The predicted molar refractivity (Wildman–Crippen MR) is 118 cm³/mol. The van der Waals surface area contributed by atoms with E-state index in [0.717, 1.165) is 30.5 Å². The zero-order valence-corrected chi connectivity index (χ0v) is 17.9. The molecular weight excluding hydrogens is 396 g/mol. The summed E-state index contributed by atoms with van der Waals surface area (Å²) in [7, 11) is 0. The number of ether oxygens (including phenoxy) is 2. The molecule has 1 saturated heterocycles. The number of likely N-dealkylation sites (tertiary alicyclic amines) is 1. The zero-order chi connectivity index (χ0) is 22.2. The fourth-order valence-corrected chi connectivity index (χ4v) is 3.65. The molecule has 1 aliphatic rings. The molecule has 1 fully saturated rings. The van der Waals surface area contributed by atoms with Crippen molar-refractivity contribution < 1.29 is 19.4 Å². The van der Waals surface area contributed by atoms with Gasteiger partial charge >= 0.3 is 5.97 Å². The lowest BCUT2D eigenvalue weighted by molar-refractivity contribution is -0.138. The molecule has 0 saturated carbocycles. The summed E-state index contributed by atoms with van der Waals surface area (Å²) in [6, 6.07) is 7.59. The van der Waals surface area contributed by atoms with Gasteiger partial charge in [-0.1, -0.05) is 5.92 Å². The molecule has 164 valence electrons. The van der Waals surface area contributed by atoms with Crippen LogP contribution >= 0.6 is 0 Å². The van der Waals surface area contributed by atoms with Gasteiger partial charge in [-0.15, -0.1) is 16.6 Å². The number of carbonyl (C=O) groups is 1. The molecule has 8 nitrogen and oxygen atoms in total. The number of aliphatic carboxylic acids is 1. The second-order valence-corrected chi connectivity index (χ2v) is 7.48. The predicted octanol–water partition coefficient (Wildman–Crippen LogP) is 2.77. The van der Waals surface area contributed by atoms with Crippen LogP contribution in [0.5, 0.6) is 5.75 Å². The van der Waals surface area contributed by atoms with Gasteiger partial charge in [-0.2, -0.15) is 0 Å². The fraction of sp³-hybridized carbons (Fsp3) is 0.435. The number of terminal acetylenes is 1. The number of aryl methyl sites for hydroxylation is 1. The molecule has 0 aliphatic carbocycles. The Morgan fingerprint density at radius 2 is 2.23 bits per heavy atom. The second kappa shape index (κ2) is 10.8. The van der Waals surface area contributed by atoms with Crippen molar-refractivity contribution in [3.63, 3.8) is 0 Å². The van der Waals surface area contributed by atoms with Crippen molar-refractivity contribution in [1.29, 1.82) is 0 Å². The number of carboxylic acids is 1. The topological polar surface area (TPSA) is 96.8 Å². The first-order valence-electron chi connectivity index (χ1n) is 10.4. The maximum Gasteiger partial charge on any atom is 0.317 e. The molecule has 1 atom stereocenters. The minimum Gasteiger partial charge on any atom is -0.480 e. The summed E-state index contributed by atoms with van der Waals surface area (Å²) in [5, 5.41) is 21.2. The number of rotatable bonds is 9. The van der Waals surface area contributed by atoms with E-state index < -0.39 is 5.97 Å². The van der Waals surface area contributed by atoms with E-state index in [4.69, 9.17) is 21.0 Å². The minimum atomic E-state index is -0.807. The summed E-state index contributed by atoms with van der Waals surface area (Å²) in [6.45, 7) is 6.06. The van der Waals surface area contributed by atoms with E-state index >= 15 is 0 Å². The highest BCUT2D eigenvalue weighted by Gasteiger charge is 2.22. The van der Waals surface area contributed by atoms with Crippen molar-refractivity contribution in [2.45, 2.75) is 32.7 Å². The molecule has 0 bridgehead atoms. The van der Waals surface area contributed by atoms with Gasteiger partial charge in [0.2, 0.25) is 0 Å². The van der Waals surface area contributed by atoms with Gasteiger partial charge in [-0.25, -0.2) is 0 Å². The van der Waals surface area contributed by atoms with Crippen LogP contribution < -0.4 is 10.1 Å². The Morgan fingerprint density at radius 1 is 1.39 bits per heavy atom. The molecule has 8 heteroatoms. The van der Waals surface area contributed by atoms with Crippen LogP contribution in [0, 0.1) is 19.3 Å². The Labute approximate surface area is 182 Å². The number of aromatic nitrogens is 2. The van der Waals surface area contributed by atoms with Crippen LogP contribution in [0.2, 0.25) is 0 Å². The van der Waals surface area contributed by atoms with Gasteiger partial charge in [0.15, 0.2) is 6.79 Å². The highest BCUT2D eigenvalue weighted by molar-refractivity contribution is 5.71. The lowest BCUT2D eigenvalue weighted by Gasteiger charge is -2.32. The Hall–Kier alpha value is -3.15. The van der Waals surface area contributed by atoms with E-state index in [0.29, 0.717) is 36.0 Å². The number of nitrogens with zero attached hydrogens (tertiary/aromatic N) is 3. The molecule has 1 aromatic carbocycles. The van der Waals surface area contributed by atoms with Gasteiger partial charge in [0.05, 0.1) is 12.2 Å². The number of nitrogens with one attached hydrogen (secondary N) is 1. The van der Waals surface area contributed by atoms with Gasteiger partial charge in [0, 0.05) is 30.3 Å². The molecule has 0 spiro atoms. The van der Waals surface area contributed by atoms with E-state index in [1.54, 1.807) is 6.07 Å². The van der Waals surface area contributed by atoms with Crippen molar-refractivity contribution >= 4 is 11.8 Å². The monoisotopic (exact) mass is 424 g/mol. The Morgan fingerprint density at radius 3 is 2.94 bits per heavy atom. The minimum absolute atomic E-state index is 0.0556. The first-order valence-corrected chi connectivity index (χ1v) is 10.4. The number of carboxylic acid groups (broad SMARTS) is 1. The molecule has 1 unspecified atom stereocenters. The first-order chi connectivity index (χ1) is 15.0. The Kier molecular flexibility index (Phi) is 7.82. The van der Waals surface area contributed by atoms with Crippen molar-refractivity contribution in [3.05, 3.63) is 35.4 Å². The molecule has 2 N–H and O–H groups in total. The molecule has 2 heterocycles. The maximum absolute atomic E-state index is 11.0. The van der Waals surface area contributed by atoms with Crippen molar-refractivity contribution in [2.24, 2.45) is 0 Å². The molecule has 0 radical (unpaired) electrons. The van der Waals surface area contributed by atoms with Crippen LogP contribution in [0.25, 0.3) is 11.3 Å². The summed E-state index contributed by atoms with van der Waals surface area (Å²) in [5.74, 6) is 3.07. The molecule has 31 heavy (non-hydrogen) atoms. The average Bonchev–Trinajstić information content (AvgIpc) is 2.74. The Bertz CT molecular complexity index is 957. The zero-order valence-electron chi connectivity index (χ0n) is 17.9. The highest BCUT2D eigenvalue weighted by Crippen LogP contribution is 2.32. The first kappa shape index (κ1) is 22.5. The van der Waals surface area contributed by atoms with E-state index in [-0.39, 0.29) is 19.4 Å². The summed E-state index contributed by atoms with van der Waals surface area (Å²) in [6.07, 6.45) is 7.43. The lowest BCUT2D eigenvalue weighted by atomic mass is 10.0. The molecule has 3 rings (SSSR count). The highest BCUT2D eigenvalue weighted by atomic mass is 16.7. The standard InChI is InChI=1S/C23H28N4O4/c1-4-17-8-9-19(20(12-17)31-15-30-5-2)23-16(3)11-21(25-26-23)24-18-7-6-10-27(13-18)14-22(28)29/h1,8-9,11-12,18H,5-7,10,13-15H2,2-3H3,(H,24,25)(H,28,29). The molecule has 1 aliphatic heterocycles. The number of hydrogen-bond acceptors (Lipinski definition) is 7. The summed E-state index contributed by atoms with van der Waals surface area (Å²) < 4.78 is 11.1. The number of hydrogen-bond donors (Lipinski definition) is 2. The van der Waals surface area contributed by atoms with Crippen LogP contribution in [0.1, 0.15) is 30.9 Å². The summed E-state index contributed by atoms with van der Waals surface area (Å²) in [4.78, 5) is 12.9. The summed E-state index contributed by atoms with van der Waals surface area (Å²) in [5.41, 5.74) is 3.14. The van der Waals surface area contributed by atoms with Crippen molar-refractivity contribution in [3.8, 4) is 29.4 Å². The fourth-order valence-electron chi connectivity index (χ4n) is 3.65. The summed E-state index contributed by atoms with van der Waals surface area (Å²) >= 11 is 0. The van der Waals surface area contributed by atoms with Crippen LogP contribution in [-0.4, -0.2) is 65.2 Å². The third kappa shape index (κ3) is 6.17. The smallest absolute Gasteiger partial charge is 0.317 e. The van der Waals surface area contributed by atoms with Crippen LogP contribution in [0.4, 0.5) is 5.82 Å². The van der Waals surface area contributed by atoms with Gasteiger partial charge < -0.3 is 19.9 Å². The number of anilines is 1. The van der Waals surface area contributed by atoms with Crippen LogP contribution in [-0.2, 0) is 9.53 Å². The number of benzene rings is 1. The third-order valence-electron chi connectivity index (χ3n) is 5.11. The molecule has 0 amide bonds. The van der Waals surface area contributed by atoms with Crippen molar-refractivity contribution in [1.82, 2.24) is 15.1 Å². The van der Waals surface area contributed by atoms with Crippen molar-refractivity contribution in [2.75, 3.05) is 38.4 Å². The molecular formula is C23H28N4O4. The van der Waals surface area contributed by atoms with E-state index in [1.807, 2.05) is 36.9 Å². The van der Waals surface area contributed by atoms with E-state index in [9.17, 15) is 4.79 Å². The SMILES string of the molecule is C#Cc1ccc(-c2nnc(NC3CCCN(CC(=O)O)C3)cc2C)c(OCOCC)c1. The van der Waals surface area contributed by atoms with Gasteiger partial charge in [-0.3, -0.25) is 9.69 Å². The second-order valence-electron chi connectivity index (χ2n) is 7.48. The quantitative estimate of drug-likeness (QED) is 0.360. The van der Waals surface area contributed by atoms with E-state index in [2.05, 4.69) is 21.4 Å². The van der Waals surface area contributed by atoms with E-state index in [1.165, 1.54) is 0 Å².